The van der Waals surface area contributed by atoms with E-state index in [9.17, 15) is 9.59 Å². The number of nitrogens with zero attached hydrogens (tertiary/aromatic N) is 1. The molecule has 5 nitrogen and oxygen atoms in total. The molecule has 1 amide bonds. The zero-order valence-corrected chi connectivity index (χ0v) is 11.8. The van der Waals surface area contributed by atoms with Crippen molar-refractivity contribution in [3.8, 4) is 0 Å². The van der Waals surface area contributed by atoms with E-state index in [1.54, 1.807) is 6.07 Å². The lowest BCUT2D eigenvalue weighted by Crippen LogP contribution is -2.44. The van der Waals surface area contributed by atoms with E-state index in [-0.39, 0.29) is 12.3 Å². The lowest BCUT2D eigenvalue weighted by Gasteiger charge is -2.26. The van der Waals surface area contributed by atoms with Crippen molar-refractivity contribution in [2.24, 2.45) is 0 Å². The maximum absolute atomic E-state index is 12.2. The first-order valence-corrected chi connectivity index (χ1v) is 6.55. The van der Waals surface area contributed by atoms with E-state index in [2.05, 4.69) is 12.2 Å². The molecule has 1 rings (SSSR count). The molecule has 1 heterocycles. The average Bonchev–Trinajstić information content (AvgIpc) is 2.75. The normalized spacial score (nSPS) is 11.3. The Morgan fingerprint density at radius 2 is 2.11 bits per heavy atom. The Morgan fingerprint density at radius 3 is 2.68 bits per heavy atom. The molecule has 0 atom stereocenters. The lowest BCUT2D eigenvalue weighted by atomic mass is 9.98. The fourth-order valence-corrected chi connectivity index (χ4v) is 1.91. The maximum atomic E-state index is 12.2. The Hall–Kier alpha value is -1.78. The van der Waals surface area contributed by atoms with E-state index in [1.165, 1.54) is 0 Å². The summed E-state index contributed by atoms with van der Waals surface area (Å²) in [5.74, 6) is -1.01. The molecule has 0 aromatic carbocycles. The summed E-state index contributed by atoms with van der Waals surface area (Å²) in [6.45, 7) is 6.52. The van der Waals surface area contributed by atoms with Gasteiger partial charge in [0.2, 0.25) is 0 Å². The number of carbonyl (C=O) groups is 2. The van der Waals surface area contributed by atoms with Crippen LogP contribution in [0.25, 0.3) is 0 Å². The van der Waals surface area contributed by atoms with Crippen molar-refractivity contribution in [2.75, 3.05) is 0 Å². The molecule has 0 fully saturated rings. The zero-order chi connectivity index (χ0) is 14.5. The second-order valence-electron chi connectivity index (χ2n) is 5.32. The zero-order valence-electron chi connectivity index (χ0n) is 11.8. The number of aromatic nitrogens is 1. The van der Waals surface area contributed by atoms with Gasteiger partial charge < -0.3 is 15.0 Å². The summed E-state index contributed by atoms with van der Waals surface area (Å²) >= 11 is 0. The molecule has 1 aromatic rings. The van der Waals surface area contributed by atoms with Crippen LogP contribution in [0, 0.1) is 0 Å². The van der Waals surface area contributed by atoms with Gasteiger partial charge in [-0.2, -0.15) is 0 Å². The van der Waals surface area contributed by atoms with Gasteiger partial charge in [0.1, 0.15) is 5.69 Å². The molecular weight excluding hydrogens is 244 g/mol. The molecule has 0 radical (unpaired) electrons. The fourth-order valence-electron chi connectivity index (χ4n) is 1.91. The highest BCUT2D eigenvalue weighted by atomic mass is 16.4. The largest absolute Gasteiger partial charge is 0.481 e. The molecule has 106 valence electrons. The quantitative estimate of drug-likeness (QED) is 0.795. The first kappa shape index (κ1) is 15.3. The van der Waals surface area contributed by atoms with Gasteiger partial charge in [-0.05, 0) is 38.8 Å². The van der Waals surface area contributed by atoms with Gasteiger partial charge in [0.25, 0.3) is 5.91 Å². The van der Waals surface area contributed by atoms with Crippen molar-refractivity contribution in [3.05, 3.63) is 24.0 Å². The average molecular weight is 266 g/mol. The Balaban J connectivity index is 2.67. The van der Waals surface area contributed by atoms with Gasteiger partial charge in [0.05, 0.1) is 0 Å². The van der Waals surface area contributed by atoms with Gasteiger partial charge >= 0.3 is 5.97 Å². The summed E-state index contributed by atoms with van der Waals surface area (Å²) in [4.78, 5) is 22.8. The number of aliphatic carboxylic acids is 1. The van der Waals surface area contributed by atoms with Crippen molar-refractivity contribution in [3.63, 3.8) is 0 Å². The van der Waals surface area contributed by atoms with E-state index in [4.69, 9.17) is 5.11 Å². The van der Waals surface area contributed by atoms with E-state index < -0.39 is 11.5 Å². The van der Waals surface area contributed by atoms with E-state index in [0.29, 0.717) is 12.1 Å². The number of amides is 1. The Kier molecular flexibility index (Phi) is 5.15. The summed E-state index contributed by atoms with van der Waals surface area (Å²) in [6, 6.07) is 3.62. The predicted molar refractivity (Wildman–Crippen MR) is 73.1 cm³/mol. The van der Waals surface area contributed by atoms with E-state index >= 15 is 0 Å². The minimum absolute atomic E-state index is 0.0449. The first-order valence-electron chi connectivity index (χ1n) is 6.55. The summed E-state index contributed by atoms with van der Waals surface area (Å²) in [7, 11) is 0. The van der Waals surface area contributed by atoms with Gasteiger partial charge in [-0.15, -0.1) is 0 Å². The van der Waals surface area contributed by atoms with Gasteiger partial charge in [-0.1, -0.05) is 6.92 Å². The number of carboxylic acids is 1. The number of hydrogen-bond donors (Lipinski definition) is 2. The monoisotopic (exact) mass is 266 g/mol. The molecule has 0 unspecified atom stereocenters. The van der Waals surface area contributed by atoms with Crippen LogP contribution in [-0.4, -0.2) is 27.1 Å². The standard InChI is InChI=1S/C14H22N2O3/c1-4-9-16-10-5-6-11(16)13(19)15-14(2,3)8-7-12(17)18/h5-6,10H,4,7-9H2,1-3H3,(H,15,19)(H,17,18). The molecule has 0 aliphatic carbocycles. The molecule has 0 bridgehead atoms. The molecule has 0 aliphatic rings. The minimum atomic E-state index is -0.850. The number of hydrogen-bond acceptors (Lipinski definition) is 2. The van der Waals surface area contributed by atoms with Crippen LogP contribution in [0.1, 0.15) is 50.5 Å². The van der Waals surface area contributed by atoms with Crippen molar-refractivity contribution < 1.29 is 14.7 Å². The summed E-state index contributed by atoms with van der Waals surface area (Å²) in [5, 5.41) is 11.6. The van der Waals surface area contributed by atoms with Crippen LogP contribution in [0.15, 0.2) is 18.3 Å². The van der Waals surface area contributed by atoms with Gasteiger partial charge in [0, 0.05) is 24.7 Å². The summed E-state index contributed by atoms with van der Waals surface area (Å²) in [5.41, 5.74) is 0.0850. The van der Waals surface area contributed by atoms with Crippen molar-refractivity contribution in [1.82, 2.24) is 9.88 Å². The van der Waals surface area contributed by atoms with Crippen LogP contribution in [0.5, 0.6) is 0 Å². The van der Waals surface area contributed by atoms with Crippen LogP contribution in [0.2, 0.25) is 0 Å². The maximum Gasteiger partial charge on any atom is 0.303 e. The van der Waals surface area contributed by atoms with Crippen LogP contribution in [0.4, 0.5) is 0 Å². The van der Waals surface area contributed by atoms with Crippen LogP contribution in [0.3, 0.4) is 0 Å². The molecule has 0 spiro atoms. The first-order chi connectivity index (χ1) is 8.85. The van der Waals surface area contributed by atoms with Gasteiger partial charge in [0.15, 0.2) is 0 Å². The third kappa shape index (κ3) is 4.77. The number of nitrogens with one attached hydrogen (secondary N) is 1. The Morgan fingerprint density at radius 1 is 1.42 bits per heavy atom. The third-order valence-electron chi connectivity index (χ3n) is 2.94. The summed E-state index contributed by atoms with van der Waals surface area (Å²) < 4.78 is 1.91. The van der Waals surface area contributed by atoms with Gasteiger partial charge in [-0.25, -0.2) is 0 Å². The fraction of sp³-hybridized carbons (Fsp3) is 0.571. The molecule has 0 saturated carbocycles. The highest BCUT2D eigenvalue weighted by molar-refractivity contribution is 5.93. The SMILES string of the molecule is CCCn1cccc1C(=O)NC(C)(C)CCC(=O)O. The van der Waals surface area contributed by atoms with Crippen molar-refractivity contribution in [1.29, 1.82) is 0 Å². The second-order valence-corrected chi connectivity index (χ2v) is 5.32. The highest BCUT2D eigenvalue weighted by Crippen LogP contribution is 2.13. The molecule has 0 saturated heterocycles. The third-order valence-corrected chi connectivity index (χ3v) is 2.94. The smallest absolute Gasteiger partial charge is 0.303 e. The lowest BCUT2D eigenvalue weighted by molar-refractivity contribution is -0.137. The highest BCUT2D eigenvalue weighted by Gasteiger charge is 2.23. The number of carbonyl (C=O) groups excluding carboxylic acids is 1. The molecule has 0 aliphatic heterocycles. The van der Waals surface area contributed by atoms with Crippen LogP contribution in [-0.2, 0) is 11.3 Å². The van der Waals surface area contributed by atoms with Gasteiger partial charge in [-0.3, -0.25) is 9.59 Å². The number of carboxylic acid groups (broad SMARTS) is 1. The van der Waals surface area contributed by atoms with Crippen LogP contribution >= 0.6 is 0 Å². The summed E-state index contributed by atoms with van der Waals surface area (Å²) in [6.07, 6.45) is 3.28. The minimum Gasteiger partial charge on any atom is -0.481 e. The molecular formula is C14H22N2O3. The Bertz CT molecular complexity index is 449. The molecule has 1 aromatic heterocycles. The van der Waals surface area contributed by atoms with Crippen molar-refractivity contribution >= 4 is 11.9 Å². The second kappa shape index (κ2) is 6.41. The van der Waals surface area contributed by atoms with Crippen LogP contribution < -0.4 is 5.32 Å². The van der Waals surface area contributed by atoms with E-state index in [0.717, 1.165) is 13.0 Å². The predicted octanol–water partition coefficient (Wildman–Crippen LogP) is 2.27. The number of rotatable bonds is 7. The molecule has 19 heavy (non-hydrogen) atoms. The van der Waals surface area contributed by atoms with Crippen molar-refractivity contribution in [2.45, 2.75) is 52.1 Å². The Labute approximate surface area is 113 Å². The van der Waals surface area contributed by atoms with E-state index in [1.807, 2.05) is 30.7 Å². The number of aryl methyl sites for hydroxylation is 1. The topological polar surface area (TPSA) is 71.3 Å². The molecule has 2 N–H and O–H groups in total. The molecule has 5 heteroatoms.